The number of nitrogens with one attached hydrogen (secondary N) is 1. The lowest BCUT2D eigenvalue weighted by Gasteiger charge is -2.01. The van der Waals surface area contributed by atoms with Crippen molar-refractivity contribution >= 4 is 11.9 Å². The minimum atomic E-state index is -1.09. The zero-order chi connectivity index (χ0) is 12.3. The summed E-state index contributed by atoms with van der Waals surface area (Å²) in [4.78, 5) is 22.4. The maximum absolute atomic E-state index is 10.7. The molecule has 7 nitrogen and oxygen atoms in total. The second-order valence-corrected chi connectivity index (χ2v) is 3.29. The summed E-state index contributed by atoms with van der Waals surface area (Å²) in [5.41, 5.74) is -0.0638. The minimum absolute atomic E-state index is 0.0638. The zero-order valence-corrected chi connectivity index (χ0v) is 9.04. The number of nitrogens with zero attached hydrogens (tertiary/aromatic N) is 3. The van der Waals surface area contributed by atoms with Crippen molar-refractivity contribution in [3.63, 3.8) is 0 Å². The number of hydrogen-bond acceptors (Lipinski definition) is 6. The van der Waals surface area contributed by atoms with Crippen molar-refractivity contribution in [3.05, 3.63) is 35.8 Å². The zero-order valence-electron chi connectivity index (χ0n) is 9.04. The van der Waals surface area contributed by atoms with Crippen molar-refractivity contribution < 1.29 is 14.3 Å². The first-order chi connectivity index (χ1) is 8.15. The van der Waals surface area contributed by atoms with Gasteiger partial charge in [-0.25, -0.2) is 19.7 Å². The summed E-state index contributed by atoms with van der Waals surface area (Å²) >= 11 is 0. The SMILES string of the molecule is Cc1cnc(CNc2nccc(C(=O)O)n2)o1. The van der Waals surface area contributed by atoms with Crippen LogP contribution in [-0.4, -0.2) is 26.0 Å². The largest absolute Gasteiger partial charge is 0.477 e. The van der Waals surface area contributed by atoms with Gasteiger partial charge in [0.15, 0.2) is 5.69 Å². The first-order valence-corrected chi connectivity index (χ1v) is 4.86. The third kappa shape index (κ3) is 2.77. The van der Waals surface area contributed by atoms with E-state index in [2.05, 4.69) is 20.3 Å². The van der Waals surface area contributed by atoms with E-state index in [1.807, 2.05) is 0 Å². The van der Waals surface area contributed by atoms with Crippen molar-refractivity contribution in [1.29, 1.82) is 0 Å². The number of aryl methyl sites for hydroxylation is 1. The van der Waals surface area contributed by atoms with E-state index < -0.39 is 5.97 Å². The molecule has 0 aliphatic heterocycles. The standard InChI is InChI=1S/C10H10N4O3/c1-6-4-12-8(17-6)5-13-10-11-3-2-7(14-10)9(15)16/h2-4H,5H2,1H3,(H,15,16)(H,11,13,14). The molecule has 17 heavy (non-hydrogen) atoms. The van der Waals surface area contributed by atoms with Gasteiger partial charge in [-0.1, -0.05) is 0 Å². The molecule has 0 saturated heterocycles. The van der Waals surface area contributed by atoms with Gasteiger partial charge in [0, 0.05) is 6.20 Å². The van der Waals surface area contributed by atoms with Crippen LogP contribution in [0.25, 0.3) is 0 Å². The molecule has 2 rings (SSSR count). The molecular weight excluding hydrogens is 224 g/mol. The van der Waals surface area contributed by atoms with Gasteiger partial charge in [0.05, 0.1) is 12.7 Å². The summed E-state index contributed by atoms with van der Waals surface area (Å²) in [6.07, 6.45) is 2.98. The van der Waals surface area contributed by atoms with Gasteiger partial charge in [0.25, 0.3) is 0 Å². The Bertz CT molecular complexity index is 538. The highest BCUT2D eigenvalue weighted by molar-refractivity contribution is 5.85. The molecular formula is C10H10N4O3. The normalized spacial score (nSPS) is 10.2. The van der Waals surface area contributed by atoms with E-state index in [1.165, 1.54) is 12.3 Å². The van der Waals surface area contributed by atoms with Crippen molar-refractivity contribution in [1.82, 2.24) is 15.0 Å². The molecule has 2 N–H and O–H groups in total. The van der Waals surface area contributed by atoms with Gasteiger partial charge in [-0.3, -0.25) is 0 Å². The van der Waals surface area contributed by atoms with Crippen molar-refractivity contribution in [3.8, 4) is 0 Å². The van der Waals surface area contributed by atoms with Crippen LogP contribution in [0, 0.1) is 6.92 Å². The molecule has 0 unspecified atom stereocenters. The molecule has 0 aliphatic carbocycles. The van der Waals surface area contributed by atoms with Crippen LogP contribution in [0.2, 0.25) is 0 Å². The second-order valence-electron chi connectivity index (χ2n) is 3.29. The average Bonchev–Trinajstić information content (AvgIpc) is 2.73. The quantitative estimate of drug-likeness (QED) is 0.816. The highest BCUT2D eigenvalue weighted by Gasteiger charge is 2.06. The molecule has 2 aromatic heterocycles. The Hall–Kier alpha value is -2.44. The molecule has 0 amide bonds. The van der Waals surface area contributed by atoms with E-state index in [0.717, 1.165) is 0 Å². The van der Waals surface area contributed by atoms with Crippen molar-refractivity contribution in [2.45, 2.75) is 13.5 Å². The monoisotopic (exact) mass is 234 g/mol. The van der Waals surface area contributed by atoms with Crippen LogP contribution in [0.4, 0.5) is 5.95 Å². The van der Waals surface area contributed by atoms with Crippen molar-refractivity contribution in [2.24, 2.45) is 0 Å². The number of carboxylic acids is 1. The van der Waals surface area contributed by atoms with E-state index in [9.17, 15) is 4.79 Å². The minimum Gasteiger partial charge on any atom is -0.477 e. The third-order valence-corrected chi connectivity index (χ3v) is 1.94. The lowest BCUT2D eigenvalue weighted by atomic mass is 10.4. The van der Waals surface area contributed by atoms with Crippen molar-refractivity contribution in [2.75, 3.05) is 5.32 Å². The number of aromatic nitrogens is 3. The van der Waals surface area contributed by atoms with Gasteiger partial charge in [-0.15, -0.1) is 0 Å². The summed E-state index contributed by atoms with van der Waals surface area (Å²) in [5, 5.41) is 11.6. The highest BCUT2D eigenvalue weighted by Crippen LogP contribution is 2.05. The molecule has 0 fully saturated rings. The summed E-state index contributed by atoms with van der Waals surface area (Å²) in [6.45, 7) is 2.09. The first-order valence-electron chi connectivity index (χ1n) is 4.86. The number of anilines is 1. The smallest absolute Gasteiger partial charge is 0.354 e. The van der Waals surface area contributed by atoms with Crippen LogP contribution in [0.15, 0.2) is 22.9 Å². The number of oxazole rings is 1. The Morgan fingerprint density at radius 3 is 3.00 bits per heavy atom. The van der Waals surface area contributed by atoms with Crippen LogP contribution in [0.5, 0.6) is 0 Å². The van der Waals surface area contributed by atoms with Crippen LogP contribution in [0.3, 0.4) is 0 Å². The molecule has 0 atom stereocenters. The summed E-state index contributed by atoms with van der Waals surface area (Å²) in [5.74, 6) is 0.331. The van der Waals surface area contributed by atoms with Crippen LogP contribution in [-0.2, 0) is 6.54 Å². The van der Waals surface area contributed by atoms with Gasteiger partial charge in [-0.2, -0.15) is 0 Å². The number of aromatic carboxylic acids is 1. The number of carboxylic acid groups (broad SMARTS) is 1. The fourth-order valence-electron chi connectivity index (χ4n) is 1.20. The molecule has 0 aromatic carbocycles. The molecule has 0 spiro atoms. The summed E-state index contributed by atoms with van der Waals surface area (Å²) in [6, 6.07) is 1.32. The topological polar surface area (TPSA) is 101 Å². The van der Waals surface area contributed by atoms with E-state index in [0.29, 0.717) is 18.2 Å². The highest BCUT2D eigenvalue weighted by atomic mass is 16.4. The maximum atomic E-state index is 10.7. The Kier molecular flexibility index (Phi) is 2.99. The fraction of sp³-hybridized carbons (Fsp3) is 0.200. The van der Waals surface area contributed by atoms with Crippen LogP contribution in [0.1, 0.15) is 22.1 Å². The van der Waals surface area contributed by atoms with Gasteiger partial charge in [0.2, 0.25) is 11.8 Å². The van der Waals surface area contributed by atoms with E-state index >= 15 is 0 Å². The molecule has 2 aromatic rings. The number of rotatable bonds is 4. The molecule has 0 saturated carbocycles. The number of carbonyl (C=O) groups is 1. The lowest BCUT2D eigenvalue weighted by Crippen LogP contribution is -2.07. The third-order valence-electron chi connectivity index (χ3n) is 1.94. The van der Waals surface area contributed by atoms with E-state index in [4.69, 9.17) is 9.52 Å². The molecule has 0 radical (unpaired) electrons. The Morgan fingerprint density at radius 2 is 2.35 bits per heavy atom. The molecule has 88 valence electrons. The average molecular weight is 234 g/mol. The van der Waals surface area contributed by atoms with E-state index in [-0.39, 0.29) is 11.6 Å². The van der Waals surface area contributed by atoms with E-state index in [1.54, 1.807) is 13.1 Å². The summed E-state index contributed by atoms with van der Waals surface area (Å²) < 4.78 is 5.24. The fourth-order valence-corrected chi connectivity index (χ4v) is 1.20. The number of hydrogen-bond donors (Lipinski definition) is 2. The molecule has 7 heteroatoms. The van der Waals surface area contributed by atoms with Gasteiger partial charge in [0.1, 0.15) is 5.76 Å². The molecule has 0 bridgehead atoms. The Balaban J connectivity index is 2.04. The van der Waals surface area contributed by atoms with Gasteiger partial charge in [-0.05, 0) is 13.0 Å². The van der Waals surface area contributed by atoms with Gasteiger partial charge < -0.3 is 14.8 Å². The predicted octanol–water partition coefficient (Wildman–Crippen LogP) is 1.08. The van der Waals surface area contributed by atoms with Crippen LogP contribution >= 0.6 is 0 Å². The predicted molar refractivity (Wildman–Crippen MR) is 57.6 cm³/mol. The van der Waals surface area contributed by atoms with Crippen LogP contribution < -0.4 is 5.32 Å². The summed E-state index contributed by atoms with van der Waals surface area (Å²) in [7, 11) is 0. The second kappa shape index (κ2) is 4.60. The van der Waals surface area contributed by atoms with Gasteiger partial charge >= 0.3 is 5.97 Å². The molecule has 2 heterocycles. The molecule has 0 aliphatic rings. The lowest BCUT2D eigenvalue weighted by molar-refractivity contribution is 0.0690. The Labute approximate surface area is 96.5 Å². The first kappa shape index (κ1) is 11.1. The maximum Gasteiger partial charge on any atom is 0.354 e. The Morgan fingerprint density at radius 1 is 1.53 bits per heavy atom.